The number of fused-ring (bicyclic) bond motifs is 1. The van der Waals surface area contributed by atoms with Gasteiger partial charge in [-0.2, -0.15) is 0 Å². The van der Waals surface area contributed by atoms with Crippen LogP contribution in [0.1, 0.15) is 5.56 Å². The van der Waals surface area contributed by atoms with Crippen molar-refractivity contribution in [3.63, 3.8) is 0 Å². The molecular weight excluding hydrogens is 280 g/mol. The smallest absolute Gasteiger partial charge is 0.149 e. The number of ether oxygens (including phenoxy) is 2. The molecule has 0 aliphatic heterocycles. The normalized spacial score (nSPS) is 11.1. The molecule has 0 amide bonds. The number of nitrogens with zero attached hydrogens (tertiary/aromatic N) is 3. The average molecular weight is 296 g/mol. The van der Waals surface area contributed by atoms with Gasteiger partial charge in [-0.1, -0.05) is 12.2 Å². The molecule has 0 fully saturated rings. The van der Waals surface area contributed by atoms with Gasteiger partial charge in [-0.25, -0.2) is 9.97 Å². The van der Waals surface area contributed by atoms with E-state index in [2.05, 4.69) is 9.97 Å². The first-order valence-electron chi connectivity index (χ1n) is 5.82. The van der Waals surface area contributed by atoms with Crippen LogP contribution in [0.2, 0.25) is 0 Å². The molecule has 0 aliphatic carbocycles. The minimum Gasteiger partial charge on any atom is -0.389 e. The minimum atomic E-state index is 0.143. The third-order valence-corrected chi connectivity index (χ3v) is 3.01. The van der Waals surface area contributed by atoms with Crippen LogP contribution in [0, 0.1) is 0 Å². The summed E-state index contributed by atoms with van der Waals surface area (Å²) in [5, 5.41) is 0.549. The molecule has 2 heterocycles. The van der Waals surface area contributed by atoms with Gasteiger partial charge in [0, 0.05) is 7.11 Å². The van der Waals surface area contributed by atoms with Crippen LogP contribution in [-0.4, -0.2) is 39.8 Å². The molecule has 0 saturated carbocycles. The summed E-state index contributed by atoms with van der Waals surface area (Å²) in [5.74, 6) is 0.636. The molecule has 0 aromatic carbocycles. The van der Waals surface area contributed by atoms with Crippen LogP contribution >= 0.6 is 12.2 Å². The summed E-state index contributed by atoms with van der Waals surface area (Å²) in [6.07, 6.45) is 1.35. The van der Waals surface area contributed by atoms with Gasteiger partial charge in [0.15, 0.2) is 0 Å². The molecule has 6 N–H and O–H groups in total. The molecule has 0 aliphatic rings. The molecule has 2 aromatic heterocycles. The number of nitrogens with two attached hydrogens (primary N) is 3. The number of methoxy groups -OCH3 is 1. The Morgan fingerprint density at radius 1 is 1.35 bits per heavy atom. The number of hydrogen-bond acceptors (Lipinski definition) is 7. The zero-order chi connectivity index (χ0) is 14.7. The van der Waals surface area contributed by atoms with Crippen LogP contribution < -0.4 is 17.2 Å². The average Bonchev–Trinajstić information content (AvgIpc) is 2.69. The quantitative estimate of drug-likeness (QED) is 0.496. The number of aromatic nitrogens is 3. The summed E-state index contributed by atoms with van der Waals surface area (Å²) >= 11 is 5.02. The summed E-state index contributed by atoms with van der Waals surface area (Å²) in [6, 6.07) is 0. The van der Waals surface area contributed by atoms with Crippen LogP contribution in [0.3, 0.4) is 0 Å². The third kappa shape index (κ3) is 2.50. The SMILES string of the molecule is COCCOCn1c(N)c(C(N)=S)c2c(N)ncnc21. The van der Waals surface area contributed by atoms with Crippen molar-refractivity contribution in [2.45, 2.75) is 6.73 Å². The second kappa shape index (κ2) is 5.99. The maximum absolute atomic E-state index is 6.06. The minimum absolute atomic E-state index is 0.143. The van der Waals surface area contributed by atoms with E-state index in [0.29, 0.717) is 35.6 Å². The highest BCUT2D eigenvalue weighted by atomic mass is 32.1. The monoisotopic (exact) mass is 296 g/mol. The highest BCUT2D eigenvalue weighted by Gasteiger charge is 2.20. The number of rotatable bonds is 6. The first-order valence-corrected chi connectivity index (χ1v) is 6.23. The zero-order valence-corrected chi connectivity index (χ0v) is 11.8. The van der Waals surface area contributed by atoms with Crippen molar-refractivity contribution in [2.24, 2.45) is 5.73 Å². The molecule has 8 nitrogen and oxygen atoms in total. The molecule has 0 radical (unpaired) electrons. The maximum Gasteiger partial charge on any atom is 0.149 e. The van der Waals surface area contributed by atoms with Gasteiger partial charge < -0.3 is 26.7 Å². The predicted molar refractivity (Wildman–Crippen MR) is 80.1 cm³/mol. The van der Waals surface area contributed by atoms with E-state index >= 15 is 0 Å². The van der Waals surface area contributed by atoms with Gasteiger partial charge in [-0.15, -0.1) is 0 Å². The largest absolute Gasteiger partial charge is 0.389 e. The number of hydrogen-bond donors (Lipinski definition) is 3. The van der Waals surface area contributed by atoms with E-state index in [1.165, 1.54) is 6.33 Å². The molecule has 0 atom stereocenters. The lowest BCUT2D eigenvalue weighted by atomic mass is 10.2. The van der Waals surface area contributed by atoms with E-state index in [0.717, 1.165) is 0 Å². The fraction of sp³-hybridized carbons (Fsp3) is 0.364. The second-order valence-electron chi connectivity index (χ2n) is 4.04. The standard InChI is InChI=1S/C11H16N6O2S/c1-18-2-3-19-5-17-9(13)7(10(14)20)6-8(12)15-4-16-11(6)17/h4H,2-3,5,13H2,1H3,(H2,14,20)(H2,12,15,16). The van der Waals surface area contributed by atoms with E-state index in [1.807, 2.05) is 0 Å². The Morgan fingerprint density at radius 2 is 2.10 bits per heavy atom. The summed E-state index contributed by atoms with van der Waals surface area (Å²) < 4.78 is 12.0. The Bertz CT molecular complexity index is 641. The Labute approximate surface area is 120 Å². The molecule has 0 unspecified atom stereocenters. The second-order valence-corrected chi connectivity index (χ2v) is 4.48. The lowest BCUT2D eigenvalue weighted by molar-refractivity contribution is 0.0366. The predicted octanol–water partition coefficient (Wildman–Crippen LogP) is -0.150. The molecule has 20 heavy (non-hydrogen) atoms. The van der Waals surface area contributed by atoms with Gasteiger partial charge in [-0.05, 0) is 0 Å². The van der Waals surface area contributed by atoms with Crippen LogP contribution in [0.15, 0.2) is 6.33 Å². The number of thiocarbonyl (C=S) groups is 1. The van der Waals surface area contributed by atoms with E-state index in [-0.39, 0.29) is 17.5 Å². The fourth-order valence-electron chi connectivity index (χ4n) is 1.89. The lowest BCUT2D eigenvalue weighted by Crippen LogP contribution is -2.14. The van der Waals surface area contributed by atoms with Gasteiger partial charge in [0.1, 0.15) is 35.3 Å². The van der Waals surface area contributed by atoms with Crippen LogP contribution in [0.25, 0.3) is 11.0 Å². The fourth-order valence-corrected chi connectivity index (χ4v) is 2.10. The van der Waals surface area contributed by atoms with Crippen LogP contribution in [0.4, 0.5) is 11.6 Å². The summed E-state index contributed by atoms with van der Waals surface area (Å²) in [7, 11) is 1.60. The van der Waals surface area contributed by atoms with E-state index in [4.69, 9.17) is 38.9 Å². The maximum atomic E-state index is 6.06. The third-order valence-electron chi connectivity index (χ3n) is 2.81. The van der Waals surface area contributed by atoms with Crippen LogP contribution in [-0.2, 0) is 16.2 Å². The Morgan fingerprint density at radius 3 is 2.75 bits per heavy atom. The van der Waals surface area contributed by atoms with Gasteiger partial charge in [-0.3, -0.25) is 4.57 Å². The highest BCUT2D eigenvalue weighted by Crippen LogP contribution is 2.29. The van der Waals surface area contributed by atoms with Gasteiger partial charge >= 0.3 is 0 Å². The molecule has 2 aromatic rings. The van der Waals surface area contributed by atoms with Crippen molar-refractivity contribution < 1.29 is 9.47 Å². The van der Waals surface area contributed by atoms with E-state index in [1.54, 1.807) is 11.7 Å². The van der Waals surface area contributed by atoms with Gasteiger partial charge in [0.05, 0.1) is 24.2 Å². The molecule has 108 valence electrons. The Hall–Kier alpha value is -1.97. The van der Waals surface area contributed by atoms with Gasteiger partial charge in [0.25, 0.3) is 0 Å². The first kappa shape index (κ1) is 14.4. The molecule has 2 rings (SSSR count). The molecule has 0 spiro atoms. The highest BCUT2D eigenvalue weighted by molar-refractivity contribution is 7.80. The number of anilines is 2. The van der Waals surface area contributed by atoms with Crippen molar-refractivity contribution in [1.82, 2.24) is 14.5 Å². The summed E-state index contributed by atoms with van der Waals surface area (Å²) in [4.78, 5) is 8.25. The van der Waals surface area contributed by atoms with Crippen molar-refractivity contribution >= 4 is 39.9 Å². The lowest BCUT2D eigenvalue weighted by Gasteiger charge is -2.08. The topological polar surface area (TPSA) is 127 Å². The van der Waals surface area contributed by atoms with E-state index < -0.39 is 0 Å². The molecular formula is C11H16N6O2S. The van der Waals surface area contributed by atoms with E-state index in [9.17, 15) is 0 Å². The van der Waals surface area contributed by atoms with Crippen molar-refractivity contribution in [2.75, 3.05) is 31.8 Å². The zero-order valence-electron chi connectivity index (χ0n) is 11.0. The molecule has 9 heteroatoms. The molecule has 0 saturated heterocycles. The van der Waals surface area contributed by atoms with Gasteiger partial charge in [0.2, 0.25) is 0 Å². The van der Waals surface area contributed by atoms with Crippen LogP contribution in [0.5, 0.6) is 0 Å². The van der Waals surface area contributed by atoms with Crippen molar-refractivity contribution in [3.8, 4) is 0 Å². The Balaban J connectivity index is 2.46. The summed E-state index contributed by atoms with van der Waals surface area (Å²) in [6.45, 7) is 1.11. The van der Waals surface area contributed by atoms with Crippen molar-refractivity contribution in [1.29, 1.82) is 0 Å². The Kier molecular flexibility index (Phi) is 4.32. The summed E-state index contributed by atoms with van der Waals surface area (Å²) in [5.41, 5.74) is 18.6. The number of nitrogen functional groups attached to an aromatic ring is 2. The van der Waals surface area contributed by atoms with Crippen molar-refractivity contribution in [3.05, 3.63) is 11.9 Å². The first-order chi connectivity index (χ1) is 9.57. The molecule has 0 bridgehead atoms.